The maximum Gasteiger partial charge on any atom is 0.338 e. The predicted molar refractivity (Wildman–Crippen MR) is 120 cm³/mol. The van der Waals surface area contributed by atoms with E-state index in [0.717, 1.165) is 20.9 Å². The molecule has 3 aromatic rings. The molecule has 1 unspecified atom stereocenters. The van der Waals surface area contributed by atoms with Crippen LogP contribution in [0, 0.1) is 5.92 Å². The van der Waals surface area contributed by atoms with Crippen molar-refractivity contribution >= 4 is 29.3 Å². The number of anilines is 1. The van der Waals surface area contributed by atoms with Gasteiger partial charge in [0.25, 0.3) is 0 Å². The number of hydrogen-bond donors (Lipinski definition) is 0. The third kappa shape index (κ3) is 4.21. The predicted octanol–water partition coefficient (Wildman–Crippen LogP) is 4.24. The number of carbonyl (C=O) groups is 4. The van der Waals surface area contributed by atoms with Crippen LogP contribution in [0.3, 0.4) is 0 Å². The molecule has 0 saturated carbocycles. The van der Waals surface area contributed by atoms with E-state index in [9.17, 15) is 19.2 Å². The highest BCUT2D eigenvalue weighted by Crippen LogP contribution is 2.28. The van der Waals surface area contributed by atoms with Gasteiger partial charge in [0, 0.05) is 5.56 Å². The summed E-state index contributed by atoms with van der Waals surface area (Å²) in [6.07, 6.45) is 0.137. The Bertz CT molecular complexity index is 1160. The van der Waals surface area contributed by atoms with Gasteiger partial charge in [-0.3, -0.25) is 19.3 Å². The summed E-state index contributed by atoms with van der Waals surface area (Å²) in [5.41, 5.74) is 2.51. The lowest BCUT2D eigenvalue weighted by Crippen LogP contribution is -2.60. The van der Waals surface area contributed by atoms with Gasteiger partial charge in [0.15, 0.2) is 5.78 Å². The van der Waals surface area contributed by atoms with Gasteiger partial charge in [-0.05, 0) is 36.6 Å². The van der Waals surface area contributed by atoms with Crippen molar-refractivity contribution in [1.82, 2.24) is 4.90 Å². The van der Waals surface area contributed by atoms with Crippen LogP contribution in [-0.2, 0) is 22.6 Å². The molecule has 0 aliphatic carbocycles. The Morgan fingerprint density at radius 2 is 1.34 bits per heavy atom. The molecule has 4 rings (SSSR count). The topological polar surface area (TPSA) is 74.8 Å². The van der Waals surface area contributed by atoms with Crippen LogP contribution < -0.4 is 4.90 Å². The zero-order valence-electron chi connectivity index (χ0n) is 17.6. The largest absolute Gasteiger partial charge is 0.338 e. The third-order valence-corrected chi connectivity index (χ3v) is 5.50. The number of ketones is 1. The van der Waals surface area contributed by atoms with Crippen molar-refractivity contribution < 1.29 is 19.2 Å². The van der Waals surface area contributed by atoms with E-state index in [-0.39, 0.29) is 18.7 Å². The van der Waals surface area contributed by atoms with Gasteiger partial charge in [0.2, 0.25) is 11.8 Å². The Balaban J connectivity index is 1.69. The molecule has 1 fully saturated rings. The molecule has 160 valence electrons. The normalized spacial score (nSPS) is 16.4. The molecule has 0 bridgehead atoms. The summed E-state index contributed by atoms with van der Waals surface area (Å²) in [5.74, 6) is -2.17. The summed E-state index contributed by atoms with van der Waals surface area (Å²) in [5, 5.41) is 0. The Morgan fingerprint density at radius 1 is 0.750 bits per heavy atom. The second-order valence-corrected chi connectivity index (χ2v) is 7.71. The standard InChI is InChI=1S/C26H22N2O4/c1-18(29)21-14-12-19(13-15-21)16-23-24(30)27(17-20-8-4-2-5-9-20)26(32)28(25(23)31)22-10-6-3-7-11-22/h2-15,23H,16-17H2,1H3. The first-order valence-electron chi connectivity index (χ1n) is 10.3. The molecular weight excluding hydrogens is 404 g/mol. The molecule has 0 spiro atoms. The number of rotatable bonds is 6. The molecule has 6 nitrogen and oxygen atoms in total. The van der Waals surface area contributed by atoms with Gasteiger partial charge >= 0.3 is 6.03 Å². The van der Waals surface area contributed by atoms with E-state index in [1.54, 1.807) is 54.6 Å². The number of benzene rings is 3. The lowest BCUT2D eigenvalue weighted by atomic mass is 9.93. The van der Waals surface area contributed by atoms with E-state index in [1.807, 2.05) is 30.3 Å². The quantitative estimate of drug-likeness (QED) is 0.436. The fraction of sp³-hybridized carbons (Fsp3) is 0.154. The highest BCUT2D eigenvalue weighted by atomic mass is 16.2. The first-order valence-corrected chi connectivity index (χ1v) is 10.3. The molecule has 3 aromatic carbocycles. The molecule has 1 heterocycles. The first-order chi connectivity index (χ1) is 15.5. The summed E-state index contributed by atoms with van der Waals surface area (Å²) in [7, 11) is 0. The van der Waals surface area contributed by atoms with Crippen LogP contribution in [0.2, 0.25) is 0 Å². The van der Waals surface area contributed by atoms with Crippen molar-refractivity contribution in [1.29, 1.82) is 0 Å². The molecule has 1 aliphatic heterocycles. The molecule has 6 heteroatoms. The van der Waals surface area contributed by atoms with Crippen molar-refractivity contribution in [3.8, 4) is 0 Å². The van der Waals surface area contributed by atoms with Crippen molar-refractivity contribution in [3.05, 3.63) is 102 Å². The lowest BCUT2D eigenvalue weighted by molar-refractivity contribution is -0.141. The number of nitrogens with zero attached hydrogens (tertiary/aromatic N) is 2. The number of hydrogen-bond acceptors (Lipinski definition) is 4. The van der Waals surface area contributed by atoms with Gasteiger partial charge in [0.05, 0.1) is 12.2 Å². The summed E-state index contributed by atoms with van der Waals surface area (Å²) in [6.45, 7) is 1.56. The van der Waals surface area contributed by atoms with Crippen LogP contribution in [0.1, 0.15) is 28.4 Å². The van der Waals surface area contributed by atoms with Crippen LogP contribution >= 0.6 is 0 Å². The van der Waals surface area contributed by atoms with Crippen molar-refractivity contribution in [2.75, 3.05) is 4.90 Å². The van der Waals surface area contributed by atoms with E-state index in [1.165, 1.54) is 6.92 Å². The molecule has 1 aliphatic rings. The number of barbiturate groups is 1. The Kier molecular flexibility index (Phi) is 5.94. The van der Waals surface area contributed by atoms with Crippen LogP contribution in [0.25, 0.3) is 0 Å². The van der Waals surface area contributed by atoms with Crippen LogP contribution in [-0.4, -0.2) is 28.5 Å². The van der Waals surface area contributed by atoms with Gasteiger partial charge in [-0.25, -0.2) is 9.69 Å². The molecule has 0 radical (unpaired) electrons. The van der Waals surface area contributed by atoms with Crippen molar-refractivity contribution in [2.24, 2.45) is 5.92 Å². The van der Waals surface area contributed by atoms with Crippen molar-refractivity contribution in [2.45, 2.75) is 19.9 Å². The summed E-state index contributed by atoms with van der Waals surface area (Å²) >= 11 is 0. The number of amides is 4. The molecular formula is C26H22N2O4. The first kappa shape index (κ1) is 21.2. The van der Waals surface area contributed by atoms with E-state index < -0.39 is 23.8 Å². The summed E-state index contributed by atoms with van der Waals surface area (Å²) in [4.78, 5) is 53.6. The molecule has 32 heavy (non-hydrogen) atoms. The molecule has 4 amide bonds. The monoisotopic (exact) mass is 426 g/mol. The second kappa shape index (κ2) is 8.98. The minimum atomic E-state index is -1.04. The van der Waals surface area contributed by atoms with Crippen LogP contribution in [0.15, 0.2) is 84.9 Å². The van der Waals surface area contributed by atoms with Gasteiger partial charge in [0.1, 0.15) is 5.92 Å². The summed E-state index contributed by atoms with van der Waals surface area (Å²) < 4.78 is 0. The van der Waals surface area contributed by atoms with E-state index >= 15 is 0 Å². The zero-order valence-corrected chi connectivity index (χ0v) is 17.6. The molecule has 0 N–H and O–H groups in total. The van der Waals surface area contributed by atoms with Gasteiger partial charge in [-0.1, -0.05) is 72.8 Å². The Morgan fingerprint density at radius 3 is 1.94 bits per heavy atom. The number of Topliss-reactive ketones (excluding diaryl/α,β-unsaturated/α-hetero) is 1. The zero-order chi connectivity index (χ0) is 22.7. The minimum Gasteiger partial charge on any atom is -0.295 e. The van der Waals surface area contributed by atoms with Gasteiger partial charge in [-0.2, -0.15) is 0 Å². The summed E-state index contributed by atoms with van der Waals surface area (Å²) in [6, 6.07) is 24.0. The van der Waals surface area contributed by atoms with Crippen LogP contribution in [0.4, 0.5) is 10.5 Å². The van der Waals surface area contributed by atoms with Gasteiger partial charge in [-0.15, -0.1) is 0 Å². The number of para-hydroxylation sites is 1. The number of carbonyl (C=O) groups excluding carboxylic acids is 4. The van der Waals surface area contributed by atoms with Crippen LogP contribution in [0.5, 0.6) is 0 Å². The third-order valence-electron chi connectivity index (χ3n) is 5.50. The number of imide groups is 2. The highest BCUT2D eigenvalue weighted by molar-refractivity contribution is 6.27. The van der Waals surface area contributed by atoms with E-state index in [0.29, 0.717) is 11.3 Å². The minimum absolute atomic E-state index is 0.0590. The maximum atomic E-state index is 13.3. The smallest absolute Gasteiger partial charge is 0.295 e. The van der Waals surface area contributed by atoms with Gasteiger partial charge < -0.3 is 0 Å². The molecule has 1 saturated heterocycles. The second-order valence-electron chi connectivity index (χ2n) is 7.71. The number of urea groups is 1. The Labute approximate surface area is 186 Å². The van der Waals surface area contributed by atoms with E-state index in [2.05, 4.69) is 0 Å². The molecule has 1 atom stereocenters. The van der Waals surface area contributed by atoms with E-state index in [4.69, 9.17) is 0 Å². The average molecular weight is 426 g/mol. The fourth-order valence-corrected chi connectivity index (χ4v) is 3.77. The Hall–Kier alpha value is -4.06. The highest BCUT2D eigenvalue weighted by Gasteiger charge is 2.46. The average Bonchev–Trinajstić information content (AvgIpc) is 2.81. The lowest BCUT2D eigenvalue weighted by Gasteiger charge is -2.37. The fourth-order valence-electron chi connectivity index (χ4n) is 3.77. The van der Waals surface area contributed by atoms with Crippen molar-refractivity contribution in [3.63, 3.8) is 0 Å². The molecule has 0 aromatic heterocycles. The maximum absolute atomic E-state index is 13.3. The SMILES string of the molecule is CC(=O)c1ccc(CC2C(=O)N(Cc3ccccc3)C(=O)N(c3ccccc3)C2=O)cc1.